The van der Waals surface area contributed by atoms with E-state index in [1.807, 2.05) is 26.0 Å². The standard InChI is InChI=1S/C16H18FNO2/c1-10-6-12(7-11(2)16(10)19)9-18-14-5-4-13(17)8-15(14)20-3/h4-8,18-19H,9H2,1-3H3. The number of ether oxygens (including phenoxy) is 1. The van der Waals surface area contributed by atoms with Gasteiger partial charge in [0, 0.05) is 12.6 Å². The minimum atomic E-state index is -0.330. The van der Waals surface area contributed by atoms with Crippen molar-refractivity contribution in [3.63, 3.8) is 0 Å². The maximum Gasteiger partial charge on any atom is 0.144 e. The molecule has 0 aliphatic carbocycles. The van der Waals surface area contributed by atoms with E-state index in [-0.39, 0.29) is 5.82 Å². The molecule has 0 saturated heterocycles. The fraction of sp³-hybridized carbons (Fsp3) is 0.250. The summed E-state index contributed by atoms with van der Waals surface area (Å²) in [6, 6.07) is 8.22. The van der Waals surface area contributed by atoms with E-state index in [0.29, 0.717) is 18.0 Å². The smallest absolute Gasteiger partial charge is 0.144 e. The molecule has 2 N–H and O–H groups in total. The van der Waals surface area contributed by atoms with Gasteiger partial charge in [0.25, 0.3) is 0 Å². The molecule has 0 saturated carbocycles. The van der Waals surface area contributed by atoms with Crippen molar-refractivity contribution in [2.24, 2.45) is 0 Å². The van der Waals surface area contributed by atoms with E-state index in [9.17, 15) is 9.50 Å². The number of rotatable bonds is 4. The van der Waals surface area contributed by atoms with Gasteiger partial charge >= 0.3 is 0 Å². The van der Waals surface area contributed by atoms with Crippen LogP contribution in [0.5, 0.6) is 11.5 Å². The van der Waals surface area contributed by atoms with Crippen LogP contribution >= 0.6 is 0 Å². The molecule has 0 unspecified atom stereocenters. The van der Waals surface area contributed by atoms with Gasteiger partial charge in [-0.05, 0) is 42.7 Å². The van der Waals surface area contributed by atoms with Gasteiger partial charge < -0.3 is 15.2 Å². The number of hydrogen-bond donors (Lipinski definition) is 2. The van der Waals surface area contributed by atoms with Crippen LogP contribution < -0.4 is 10.1 Å². The van der Waals surface area contributed by atoms with Crippen molar-refractivity contribution in [3.05, 3.63) is 52.8 Å². The summed E-state index contributed by atoms with van der Waals surface area (Å²) in [7, 11) is 1.51. The predicted molar refractivity (Wildman–Crippen MR) is 77.9 cm³/mol. The number of hydrogen-bond acceptors (Lipinski definition) is 3. The Balaban J connectivity index is 2.17. The first-order valence-electron chi connectivity index (χ1n) is 6.37. The average Bonchev–Trinajstić information content (AvgIpc) is 2.43. The first-order chi connectivity index (χ1) is 9.51. The molecule has 4 heteroatoms. The Bertz CT molecular complexity index is 603. The number of anilines is 1. The second-order valence-electron chi connectivity index (χ2n) is 4.78. The highest BCUT2D eigenvalue weighted by Gasteiger charge is 2.06. The van der Waals surface area contributed by atoms with Gasteiger partial charge in [-0.2, -0.15) is 0 Å². The summed E-state index contributed by atoms with van der Waals surface area (Å²) in [5.41, 5.74) is 3.46. The van der Waals surface area contributed by atoms with Crippen LogP contribution in [0.2, 0.25) is 0 Å². The highest BCUT2D eigenvalue weighted by atomic mass is 19.1. The fourth-order valence-electron chi connectivity index (χ4n) is 2.16. The van der Waals surface area contributed by atoms with Gasteiger partial charge in [0.2, 0.25) is 0 Å². The monoisotopic (exact) mass is 275 g/mol. The summed E-state index contributed by atoms with van der Waals surface area (Å²) >= 11 is 0. The van der Waals surface area contributed by atoms with Crippen LogP contribution in [0.4, 0.5) is 10.1 Å². The first-order valence-corrected chi connectivity index (χ1v) is 6.37. The van der Waals surface area contributed by atoms with Crippen molar-refractivity contribution in [2.45, 2.75) is 20.4 Å². The molecule has 0 aromatic heterocycles. The van der Waals surface area contributed by atoms with E-state index in [1.165, 1.54) is 19.2 Å². The molecular formula is C16H18FNO2. The van der Waals surface area contributed by atoms with Gasteiger partial charge in [-0.15, -0.1) is 0 Å². The maximum atomic E-state index is 13.1. The number of aromatic hydroxyl groups is 1. The number of nitrogens with one attached hydrogen (secondary N) is 1. The number of halogens is 1. The second kappa shape index (κ2) is 5.82. The molecule has 2 aromatic carbocycles. The third-order valence-corrected chi connectivity index (χ3v) is 3.20. The molecule has 0 aliphatic rings. The Hall–Kier alpha value is -2.23. The number of phenolic OH excluding ortho intramolecular Hbond substituents is 1. The quantitative estimate of drug-likeness (QED) is 0.892. The lowest BCUT2D eigenvalue weighted by molar-refractivity contribution is 0.413. The molecule has 0 aliphatic heterocycles. The first kappa shape index (κ1) is 14.2. The van der Waals surface area contributed by atoms with Crippen LogP contribution in [0, 0.1) is 19.7 Å². The van der Waals surface area contributed by atoms with E-state index < -0.39 is 0 Å². The van der Waals surface area contributed by atoms with Crippen LogP contribution in [0.15, 0.2) is 30.3 Å². The lowest BCUT2D eigenvalue weighted by Crippen LogP contribution is -2.02. The van der Waals surface area contributed by atoms with E-state index in [2.05, 4.69) is 5.32 Å². The Kier molecular flexibility index (Phi) is 4.13. The van der Waals surface area contributed by atoms with Gasteiger partial charge in [0.15, 0.2) is 0 Å². The van der Waals surface area contributed by atoms with Crippen molar-refractivity contribution >= 4 is 5.69 Å². The van der Waals surface area contributed by atoms with Crippen LogP contribution in [-0.4, -0.2) is 12.2 Å². The van der Waals surface area contributed by atoms with Gasteiger partial charge in [-0.25, -0.2) is 4.39 Å². The molecule has 2 rings (SSSR count). The lowest BCUT2D eigenvalue weighted by Gasteiger charge is -2.13. The van der Waals surface area contributed by atoms with E-state index in [1.54, 1.807) is 6.07 Å². The highest BCUT2D eigenvalue weighted by molar-refractivity contribution is 5.57. The van der Waals surface area contributed by atoms with Crippen molar-refractivity contribution in [1.29, 1.82) is 0 Å². The number of benzene rings is 2. The van der Waals surface area contributed by atoms with Gasteiger partial charge in [0.1, 0.15) is 17.3 Å². The summed E-state index contributed by atoms with van der Waals surface area (Å²) in [6.45, 7) is 4.30. The fourth-order valence-corrected chi connectivity index (χ4v) is 2.16. The third kappa shape index (κ3) is 3.02. The largest absolute Gasteiger partial charge is 0.507 e. The zero-order chi connectivity index (χ0) is 14.7. The van der Waals surface area contributed by atoms with Crippen molar-refractivity contribution < 1.29 is 14.2 Å². The van der Waals surface area contributed by atoms with Crippen molar-refractivity contribution in [3.8, 4) is 11.5 Å². The van der Waals surface area contributed by atoms with Crippen molar-refractivity contribution in [1.82, 2.24) is 0 Å². The summed E-state index contributed by atoms with van der Waals surface area (Å²) in [6.07, 6.45) is 0. The summed E-state index contributed by atoms with van der Waals surface area (Å²) in [4.78, 5) is 0. The van der Waals surface area contributed by atoms with E-state index in [0.717, 1.165) is 22.4 Å². The summed E-state index contributed by atoms with van der Waals surface area (Å²) < 4.78 is 18.3. The van der Waals surface area contributed by atoms with Crippen LogP contribution in [0.1, 0.15) is 16.7 Å². The average molecular weight is 275 g/mol. The summed E-state index contributed by atoms with van der Waals surface area (Å²) in [5, 5.41) is 13.0. The molecule has 0 atom stereocenters. The molecule has 0 bridgehead atoms. The zero-order valence-electron chi connectivity index (χ0n) is 11.8. The molecule has 3 nitrogen and oxygen atoms in total. The molecule has 0 radical (unpaired) electrons. The van der Waals surface area contributed by atoms with E-state index >= 15 is 0 Å². The number of methoxy groups -OCH3 is 1. The molecule has 0 heterocycles. The van der Waals surface area contributed by atoms with Gasteiger partial charge in [-0.3, -0.25) is 0 Å². The van der Waals surface area contributed by atoms with Gasteiger partial charge in [-0.1, -0.05) is 12.1 Å². The maximum absolute atomic E-state index is 13.1. The predicted octanol–water partition coefficient (Wildman–Crippen LogP) is 3.77. The SMILES string of the molecule is COc1cc(F)ccc1NCc1cc(C)c(O)c(C)c1. The number of phenols is 1. The van der Waals surface area contributed by atoms with Gasteiger partial charge in [0.05, 0.1) is 12.8 Å². The molecule has 106 valence electrons. The zero-order valence-corrected chi connectivity index (χ0v) is 11.8. The Morgan fingerprint density at radius 1 is 1.15 bits per heavy atom. The Labute approximate surface area is 118 Å². The normalized spacial score (nSPS) is 10.4. The Morgan fingerprint density at radius 3 is 2.40 bits per heavy atom. The number of aryl methyl sites for hydroxylation is 2. The van der Waals surface area contributed by atoms with E-state index in [4.69, 9.17) is 4.74 Å². The molecular weight excluding hydrogens is 257 g/mol. The summed E-state index contributed by atoms with van der Waals surface area (Å²) in [5.74, 6) is 0.467. The molecule has 0 amide bonds. The van der Waals surface area contributed by atoms with Crippen LogP contribution in [-0.2, 0) is 6.54 Å². The molecule has 0 spiro atoms. The third-order valence-electron chi connectivity index (χ3n) is 3.20. The Morgan fingerprint density at radius 2 is 1.80 bits per heavy atom. The molecule has 0 fully saturated rings. The topological polar surface area (TPSA) is 41.5 Å². The van der Waals surface area contributed by atoms with Crippen LogP contribution in [0.25, 0.3) is 0 Å². The lowest BCUT2D eigenvalue weighted by atomic mass is 10.1. The minimum absolute atomic E-state index is 0.327. The second-order valence-corrected chi connectivity index (χ2v) is 4.78. The minimum Gasteiger partial charge on any atom is -0.507 e. The van der Waals surface area contributed by atoms with Crippen LogP contribution in [0.3, 0.4) is 0 Å². The molecule has 2 aromatic rings. The molecule has 20 heavy (non-hydrogen) atoms. The highest BCUT2D eigenvalue weighted by Crippen LogP contribution is 2.27. The van der Waals surface area contributed by atoms with Crippen molar-refractivity contribution in [2.75, 3.05) is 12.4 Å².